The zero-order valence-electron chi connectivity index (χ0n) is 11.9. The molecule has 0 atom stereocenters. The number of benzene rings is 2. The van der Waals surface area contributed by atoms with Gasteiger partial charge in [-0.1, -0.05) is 53.7 Å². The molecule has 0 aliphatic carbocycles. The highest BCUT2D eigenvalue weighted by molar-refractivity contribution is 7.92. The van der Waals surface area contributed by atoms with Crippen LogP contribution in [0.5, 0.6) is 0 Å². The Morgan fingerprint density at radius 3 is 2.18 bits per heavy atom. The van der Waals surface area contributed by atoms with E-state index < -0.39 is 10.0 Å². The van der Waals surface area contributed by atoms with Gasteiger partial charge in [0.15, 0.2) is 5.76 Å². The highest BCUT2D eigenvalue weighted by Gasteiger charge is 2.21. The molecule has 1 heterocycles. The number of hydrogen-bond donors (Lipinski definition) is 1. The number of sulfonamides is 1. The number of anilines is 1. The molecule has 0 bridgehead atoms. The molecule has 5 nitrogen and oxygen atoms in total. The molecular weight excluding hydrogens is 300 g/mol. The molecule has 0 radical (unpaired) electrons. The van der Waals surface area contributed by atoms with Crippen LogP contribution < -0.4 is 4.72 Å². The highest BCUT2D eigenvalue weighted by atomic mass is 32.2. The van der Waals surface area contributed by atoms with E-state index in [0.29, 0.717) is 17.1 Å². The van der Waals surface area contributed by atoms with Crippen LogP contribution >= 0.6 is 0 Å². The first-order valence-corrected chi connectivity index (χ1v) is 8.16. The first-order chi connectivity index (χ1) is 10.6. The van der Waals surface area contributed by atoms with Gasteiger partial charge in [0.05, 0.1) is 4.90 Å². The zero-order valence-corrected chi connectivity index (χ0v) is 12.7. The zero-order chi connectivity index (χ0) is 15.6. The van der Waals surface area contributed by atoms with Crippen LogP contribution in [0.3, 0.4) is 0 Å². The minimum Gasteiger partial charge on any atom is -0.354 e. The summed E-state index contributed by atoms with van der Waals surface area (Å²) < 4.78 is 32.8. The summed E-state index contributed by atoms with van der Waals surface area (Å²) in [6, 6.07) is 17.4. The lowest BCUT2D eigenvalue weighted by atomic mass is 10.1. The molecule has 1 N–H and O–H groups in total. The van der Waals surface area contributed by atoms with Crippen LogP contribution in [0, 0.1) is 6.92 Å². The predicted octanol–water partition coefficient (Wildman–Crippen LogP) is 3.45. The fourth-order valence-corrected chi connectivity index (χ4v) is 3.21. The summed E-state index contributed by atoms with van der Waals surface area (Å²) in [6.07, 6.45) is 0. The van der Waals surface area contributed by atoms with Crippen molar-refractivity contribution in [3.05, 3.63) is 66.4 Å². The van der Waals surface area contributed by atoms with Crippen LogP contribution in [0.4, 0.5) is 5.69 Å². The van der Waals surface area contributed by atoms with Gasteiger partial charge < -0.3 is 4.52 Å². The van der Waals surface area contributed by atoms with Crippen molar-refractivity contribution in [2.24, 2.45) is 0 Å². The summed E-state index contributed by atoms with van der Waals surface area (Å²) >= 11 is 0. The van der Waals surface area contributed by atoms with E-state index >= 15 is 0 Å². The topological polar surface area (TPSA) is 72.2 Å². The molecule has 0 saturated heterocycles. The molecule has 22 heavy (non-hydrogen) atoms. The van der Waals surface area contributed by atoms with Crippen LogP contribution in [-0.4, -0.2) is 13.6 Å². The lowest BCUT2D eigenvalue weighted by Crippen LogP contribution is -2.13. The molecule has 0 fully saturated rings. The first kappa shape index (κ1) is 14.3. The van der Waals surface area contributed by atoms with Crippen LogP contribution in [0.15, 0.2) is 70.1 Å². The normalized spacial score (nSPS) is 11.3. The molecule has 0 amide bonds. The van der Waals surface area contributed by atoms with E-state index in [1.807, 2.05) is 30.3 Å². The Kier molecular flexibility index (Phi) is 3.68. The summed E-state index contributed by atoms with van der Waals surface area (Å²) in [5.74, 6) is 0.401. The fraction of sp³-hybridized carbons (Fsp3) is 0.0625. The summed E-state index contributed by atoms with van der Waals surface area (Å²) in [7, 11) is -3.69. The monoisotopic (exact) mass is 314 g/mol. The fourth-order valence-electron chi connectivity index (χ4n) is 2.07. The minimum atomic E-state index is -3.69. The van der Waals surface area contributed by atoms with Crippen molar-refractivity contribution < 1.29 is 12.9 Å². The van der Waals surface area contributed by atoms with Gasteiger partial charge in [0.2, 0.25) is 0 Å². The van der Waals surface area contributed by atoms with Crippen molar-refractivity contribution in [3.8, 4) is 11.3 Å². The second-order valence-electron chi connectivity index (χ2n) is 4.76. The van der Waals surface area contributed by atoms with E-state index in [1.54, 1.807) is 25.1 Å². The van der Waals surface area contributed by atoms with Crippen LogP contribution in [0.25, 0.3) is 11.3 Å². The maximum Gasteiger partial charge on any atom is 0.262 e. The summed E-state index contributed by atoms with van der Waals surface area (Å²) in [4.78, 5) is 0.189. The van der Waals surface area contributed by atoms with E-state index in [9.17, 15) is 8.42 Å². The molecule has 6 heteroatoms. The number of nitrogens with one attached hydrogen (secondary N) is 1. The van der Waals surface area contributed by atoms with Crippen molar-refractivity contribution in [2.45, 2.75) is 11.8 Å². The largest absolute Gasteiger partial charge is 0.354 e. The van der Waals surface area contributed by atoms with Gasteiger partial charge in [0.25, 0.3) is 10.0 Å². The molecule has 0 saturated carbocycles. The van der Waals surface area contributed by atoms with Gasteiger partial charge in [0, 0.05) is 5.56 Å². The molecule has 0 aliphatic heterocycles. The van der Waals surface area contributed by atoms with Crippen LogP contribution in [-0.2, 0) is 10.0 Å². The van der Waals surface area contributed by atoms with E-state index in [2.05, 4.69) is 9.88 Å². The third kappa shape index (κ3) is 2.73. The van der Waals surface area contributed by atoms with E-state index in [0.717, 1.165) is 5.56 Å². The second-order valence-corrected chi connectivity index (χ2v) is 6.44. The average Bonchev–Trinajstić information content (AvgIpc) is 2.90. The Morgan fingerprint density at radius 2 is 1.55 bits per heavy atom. The van der Waals surface area contributed by atoms with Crippen molar-refractivity contribution in [1.29, 1.82) is 0 Å². The lowest BCUT2D eigenvalue weighted by Gasteiger charge is -2.08. The maximum atomic E-state index is 12.5. The summed E-state index contributed by atoms with van der Waals surface area (Å²) in [6.45, 7) is 1.69. The molecule has 0 aliphatic rings. The minimum absolute atomic E-state index is 0.189. The van der Waals surface area contributed by atoms with Gasteiger partial charge in [-0.2, -0.15) is 0 Å². The van der Waals surface area contributed by atoms with Crippen LogP contribution in [0.2, 0.25) is 0 Å². The van der Waals surface area contributed by atoms with Crippen LogP contribution in [0.1, 0.15) is 5.69 Å². The smallest absolute Gasteiger partial charge is 0.262 e. The van der Waals surface area contributed by atoms with Crippen molar-refractivity contribution in [2.75, 3.05) is 4.72 Å². The third-order valence-electron chi connectivity index (χ3n) is 3.19. The maximum absolute atomic E-state index is 12.5. The number of aryl methyl sites for hydroxylation is 1. The number of aromatic nitrogens is 1. The molecule has 3 aromatic rings. The molecular formula is C16H14N2O3S. The van der Waals surface area contributed by atoms with Gasteiger partial charge in [-0.05, 0) is 19.1 Å². The lowest BCUT2D eigenvalue weighted by molar-refractivity contribution is 0.427. The first-order valence-electron chi connectivity index (χ1n) is 6.67. The van der Waals surface area contributed by atoms with E-state index in [1.165, 1.54) is 12.1 Å². The Hall–Kier alpha value is -2.60. The Balaban J connectivity index is 2.02. The number of hydrogen-bond acceptors (Lipinski definition) is 4. The summed E-state index contributed by atoms with van der Waals surface area (Å²) in [5, 5.41) is 3.87. The average molecular weight is 314 g/mol. The van der Waals surface area contributed by atoms with E-state index in [4.69, 9.17) is 4.52 Å². The second kappa shape index (κ2) is 5.65. The van der Waals surface area contributed by atoms with Crippen molar-refractivity contribution in [1.82, 2.24) is 5.16 Å². The quantitative estimate of drug-likeness (QED) is 0.800. The third-order valence-corrected chi connectivity index (χ3v) is 4.55. The Labute approximate surface area is 128 Å². The number of rotatable bonds is 4. The van der Waals surface area contributed by atoms with Gasteiger partial charge in [-0.25, -0.2) is 8.42 Å². The SMILES string of the molecule is Cc1noc(-c2ccccc2)c1NS(=O)(=O)c1ccccc1. The Bertz CT molecular complexity index is 872. The molecule has 2 aromatic carbocycles. The molecule has 0 unspecified atom stereocenters. The predicted molar refractivity (Wildman–Crippen MR) is 83.9 cm³/mol. The van der Waals surface area contributed by atoms with Gasteiger partial charge >= 0.3 is 0 Å². The molecule has 112 valence electrons. The molecule has 0 spiro atoms. The molecule has 3 rings (SSSR count). The summed E-state index contributed by atoms with van der Waals surface area (Å²) in [5.41, 5.74) is 1.60. The van der Waals surface area contributed by atoms with Gasteiger partial charge in [0.1, 0.15) is 11.4 Å². The van der Waals surface area contributed by atoms with Crippen molar-refractivity contribution in [3.63, 3.8) is 0 Å². The Morgan fingerprint density at radius 1 is 0.955 bits per heavy atom. The number of nitrogens with zero attached hydrogens (tertiary/aromatic N) is 1. The van der Waals surface area contributed by atoms with E-state index in [-0.39, 0.29) is 4.90 Å². The standard InChI is InChI=1S/C16H14N2O3S/c1-12-15(16(21-17-12)13-8-4-2-5-9-13)18-22(19,20)14-10-6-3-7-11-14/h2-11,18H,1H3. The van der Waals surface area contributed by atoms with Gasteiger partial charge in [-0.15, -0.1) is 0 Å². The molecule has 1 aromatic heterocycles. The highest BCUT2D eigenvalue weighted by Crippen LogP contribution is 2.32. The van der Waals surface area contributed by atoms with Crippen molar-refractivity contribution >= 4 is 15.7 Å². The van der Waals surface area contributed by atoms with Gasteiger partial charge in [-0.3, -0.25) is 4.72 Å².